The predicted molar refractivity (Wildman–Crippen MR) is 108 cm³/mol. The van der Waals surface area contributed by atoms with Crippen molar-refractivity contribution in [2.24, 2.45) is 0 Å². The SMILES string of the molecule is Cc1ccc(/C=C/S(=O)(=O)N2CC(c3nc(-c4cccc(C(F)(F)F)c4)no3)C2)cc1. The molecule has 1 fully saturated rings. The molecule has 1 saturated heterocycles. The van der Waals surface area contributed by atoms with Crippen molar-refractivity contribution in [3.63, 3.8) is 0 Å². The number of aromatic nitrogens is 2. The summed E-state index contributed by atoms with van der Waals surface area (Å²) >= 11 is 0. The van der Waals surface area contributed by atoms with Crippen molar-refractivity contribution in [2.45, 2.75) is 19.0 Å². The highest BCUT2D eigenvalue weighted by Crippen LogP contribution is 2.33. The van der Waals surface area contributed by atoms with E-state index in [2.05, 4.69) is 10.1 Å². The van der Waals surface area contributed by atoms with Crippen molar-refractivity contribution >= 4 is 16.1 Å². The van der Waals surface area contributed by atoms with E-state index in [1.165, 1.54) is 22.5 Å². The zero-order valence-electron chi connectivity index (χ0n) is 16.4. The van der Waals surface area contributed by atoms with Crippen molar-refractivity contribution in [1.82, 2.24) is 14.4 Å². The summed E-state index contributed by atoms with van der Waals surface area (Å²) < 4.78 is 70.0. The molecule has 2 aromatic carbocycles. The van der Waals surface area contributed by atoms with Gasteiger partial charge in [-0.05, 0) is 30.7 Å². The first-order chi connectivity index (χ1) is 14.6. The van der Waals surface area contributed by atoms with Gasteiger partial charge in [-0.3, -0.25) is 0 Å². The average Bonchev–Trinajstić information content (AvgIpc) is 3.15. The Hall–Kier alpha value is -2.98. The largest absolute Gasteiger partial charge is 0.416 e. The summed E-state index contributed by atoms with van der Waals surface area (Å²) in [5.74, 6) is -0.0855. The van der Waals surface area contributed by atoms with E-state index < -0.39 is 21.8 Å². The van der Waals surface area contributed by atoms with Crippen LogP contribution in [0.25, 0.3) is 17.5 Å². The predicted octanol–water partition coefficient (Wildman–Crippen LogP) is 4.46. The first-order valence-electron chi connectivity index (χ1n) is 9.38. The van der Waals surface area contributed by atoms with Gasteiger partial charge in [0.25, 0.3) is 0 Å². The third-order valence-electron chi connectivity index (χ3n) is 4.96. The Bertz CT molecular complexity index is 1210. The number of sulfonamides is 1. The maximum absolute atomic E-state index is 12.9. The van der Waals surface area contributed by atoms with Crippen LogP contribution in [0.2, 0.25) is 0 Å². The van der Waals surface area contributed by atoms with Gasteiger partial charge in [0.2, 0.25) is 21.7 Å². The molecule has 0 amide bonds. The van der Waals surface area contributed by atoms with Crippen LogP contribution in [-0.2, 0) is 16.2 Å². The molecule has 4 rings (SSSR count). The lowest BCUT2D eigenvalue weighted by atomic mass is 10.0. The van der Waals surface area contributed by atoms with E-state index in [9.17, 15) is 21.6 Å². The van der Waals surface area contributed by atoms with Gasteiger partial charge in [0.05, 0.1) is 11.5 Å². The van der Waals surface area contributed by atoms with Gasteiger partial charge in [0, 0.05) is 24.1 Å². The summed E-state index contributed by atoms with van der Waals surface area (Å²) in [6, 6.07) is 12.1. The Labute approximate surface area is 177 Å². The van der Waals surface area contributed by atoms with Gasteiger partial charge in [-0.2, -0.15) is 22.5 Å². The molecule has 10 heteroatoms. The standard InChI is InChI=1S/C21H18F3N3O3S/c1-14-5-7-15(8-6-14)9-10-31(28,29)27-12-17(13-27)20-25-19(26-30-20)16-3-2-4-18(11-16)21(22,23)24/h2-11,17H,12-13H2,1H3/b10-9+. The summed E-state index contributed by atoms with van der Waals surface area (Å²) in [6.07, 6.45) is -2.95. The van der Waals surface area contributed by atoms with Gasteiger partial charge < -0.3 is 4.52 Å². The summed E-state index contributed by atoms with van der Waals surface area (Å²) in [7, 11) is -3.60. The highest BCUT2D eigenvalue weighted by atomic mass is 32.2. The fourth-order valence-corrected chi connectivity index (χ4v) is 4.36. The lowest BCUT2D eigenvalue weighted by Crippen LogP contribution is -2.47. The van der Waals surface area contributed by atoms with Crippen LogP contribution in [0.3, 0.4) is 0 Å². The van der Waals surface area contributed by atoms with Crippen molar-refractivity contribution in [3.05, 3.63) is 76.5 Å². The van der Waals surface area contributed by atoms with Crippen molar-refractivity contribution in [3.8, 4) is 11.4 Å². The van der Waals surface area contributed by atoms with E-state index in [-0.39, 0.29) is 36.3 Å². The summed E-state index contributed by atoms with van der Waals surface area (Å²) in [6.45, 7) is 2.26. The van der Waals surface area contributed by atoms with E-state index in [0.717, 1.165) is 28.7 Å². The maximum atomic E-state index is 12.9. The monoisotopic (exact) mass is 449 g/mol. The topological polar surface area (TPSA) is 76.3 Å². The summed E-state index contributed by atoms with van der Waals surface area (Å²) in [4.78, 5) is 4.16. The Morgan fingerprint density at radius 1 is 1.13 bits per heavy atom. The van der Waals surface area contributed by atoms with Crippen LogP contribution in [-0.4, -0.2) is 36.0 Å². The Kier molecular flexibility index (Phi) is 5.44. The highest BCUT2D eigenvalue weighted by Gasteiger charge is 2.39. The van der Waals surface area contributed by atoms with Crippen LogP contribution in [0.5, 0.6) is 0 Å². The quantitative estimate of drug-likeness (QED) is 0.575. The second-order valence-corrected chi connectivity index (χ2v) is 9.13. The van der Waals surface area contributed by atoms with Crippen LogP contribution in [0.15, 0.2) is 58.5 Å². The molecular formula is C21H18F3N3O3S. The first-order valence-corrected chi connectivity index (χ1v) is 10.9. The third kappa shape index (κ3) is 4.70. The van der Waals surface area contributed by atoms with Crippen LogP contribution >= 0.6 is 0 Å². The molecule has 0 aliphatic carbocycles. The van der Waals surface area contributed by atoms with Crippen molar-refractivity contribution in [1.29, 1.82) is 0 Å². The molecule has 0 atom stereocenters. The molecular weight excluding hydrogens is 431 g/mol. The molecule has 0 unspecified atom stereocenters. The summed E-state index contributed by atoms with van der Waals surface area (Å²) in [5, 5.41) is 4.90. The number of alkyl halides is 3. The number of halogens is 3. The van der Waals surface area contributed by atoms with Gasteiger partial charge in [-0.25, -0.2) is 8.42 Å². The molecule has 3 aromatic rings. The lowest BCUT2D eigenvalue weighted by Gasteiger charge is -2.34. The molecule has 162 valence electrons. The maximum Gasteiger partial charge on any atom is 0.416 e. The number of nitrogens with zero attached hydrogens (tertiary/aromatic N) is 3. The first kappa shape index (κ1) is 21.3. The van der Waals surface area contributed by atoms with E-state index in [1.54, 1.807) is 0 Å². The molecule has 2 heterocycles. The fourth-order valence-electron chi connectivity index (χ4n) is 3.08. The van der Waals surface area contributed by atoms with Crippen LogP contribution in [0, 0.1) is 6.92 Å². The molecule has 0 spiro atoms. The Balaban J connectivity index is 1.42. The highest BCUT2D eigenvalue weighted by molar-refractivity contribution is 7.92. The van der Waals surface area contributed by atoms with E-state index in [4.69, 9.17) is 4.52 Å². The molecule has 1 aromatic heterocycles. The number of hydrogen-bond donors (Lipinski definition) is 0. The van der Waals surface area contributed by atoms with Crippen molar-refractivity contribution < 1.29 is 26.1 Å². The fraction of sp³-hybridized carbons (Fsp3) is 0.238. The van der Waals surface area contributed by atoms with Gasteiger partial charge in [0.15, 0.2) is 0 Å². The summed E-state index contributed by atoms with van der Waals surface area (Å²) in [5.41, 5.74) is 1.22. The van der Waals surface area contributed by atoms with Crippen molar-refractivity contribution in [2.75, 3.05) is 13.1 Å². The van der Waals surface area contributed by atoms with Crippen LogP contribution in [0.4, 0.5) is 13.2 Å². The minimum absolute atomic E-state index is 0.0293. The molecule has 0 radical (unpaired) electrons. The molecule has 1 aliphatic heterocycles. The molecule has 0 bridgehead atoms. The third-order valence-corrected chi connectivity index (χ3v) is 6.45. The average molecular weight is 449 g/mol. The minimum Gasteiger partial charge on any atom is -0.339 e. The number of benzene rings is 2. The zero-order valence-corrected chi connectivity index (χ0v) is 17.2. The van der Waals surface area contributed by atoms with Crippen LogP contribution in [0.1, 0.15) is 28.5 Å². The van der Waals surface area contributed by atoms with E-state index >= 15 is 0 Å². The molecule has 1 aliphatic rings. The zero-order chi connectivity index (χ0) is 22.2. The Morgan fingerprint density at radius 2 is 1.84 bits per heavy atom. The normalized spacial score (nSPS) is 16.0. The van der Waals surface area contributed by atoms with E-state index in [1.807, 2.05) is 31.2 Å². The minimum atomic E-state index is -4.47. The smallest absolute Gasteiger partial charge is 0.339 e. The number of rotatable bonds is 5. The lowest BCUT2D eigenvalue weighted by molar-refractivity contribution is -0.137. The van der Waals surface area contributed by atoms with Gasteiger partial charge in [-0.15, -0.1) is 0 Å². The molecule has 6 nitrogen and oxygen atoms in total. The van der Waals surface area contributed by atoms with E-state index in [0.29, 0.717) is 0 Å². The molecule has 0 N–H and O–H groups in total. The number of aryl methyl sites for hydroxylation is 1. The van der Waals surface area contributed by atoms with Crippen LogP contribution < -0.4 is 0 Å². The molecule has 31 heavy (non-hydrogen) atoms. The van der Waals surface area contributed by atoms with Gasteiger partial charge in [0.1, 0.15) is 0 Å². The Morgan fingerprint density at radius 3 is 2.52 bits per heavy atom. The number of hydrogen-bond acceptors (Lipinski definition) is 5. The second-order valence-electron chi connectivity index (χ2n) is 7.31. The molecule has 0 saturated carbocycles. The second kappa shape index (κ2) is 7.93. The van der Waals surface area contributed by atoms with Gasteiger partial charge in [-0.1, -0.05) is 47.1 Å². The van der Waals surface area contributed by atoms with Gasteiger partial charge >= 0.3 is 6.18 Å².